The highest BCUT2D eigenvalue weighted by Crippen LogP contribution is 2.37. The third-order valence-corrected chi connectivity index (χ3v) is 9.29. The van der Waals surface area contributed by atoms with Gasteiger partial charge in [-0.25, -0.2) is 4.39 Å². The molecule has 0 amide bonds. The highest BCUT2D eigenvalue weighted by molar-refractivity contribution is 6.74. The first-order valence-electron chi connectivity index (χ1n) is 8.33. The largest absolute Gasteiger partial charge is 0.489 e. The first-order chi connectivity index (χ1) is 11.4. The van der Waals surface area contributed by atoms with Crippen LogP contribution in [0.2, 0.25) is 18.1 Å². The molecule has 0 spiro atoms. The molecule has 1 unspecified atom stereocenters. The molecule has 7 heteroatoms. The molecule has 0 saturated carbocycles. The number of hydrogen-bond acceptors (Lipinski definition) is 4. The molecule has 0 heterocycles. The maximum atomic E-state index is 14.7. The van der Waals surface area contributed by atoms with Crippen LogP contribution < -0.4 is 10.5 Å². The van der Waals surface area contributed by atoms with Gasteiger partial charge in [-0.3, -0.25) is 4.79 Å². The second-order valence-corrected chi connectivity index (χ2v) is 12.8. The van der Waals surface area contributed by atoms with E-state index in [1.54, 1.807) is 0 Å². The lowest BCUT2D eigenvalue weighted by Gasteiger charge is -2.37. The molecule has 0 aromatic heterocycles. The van der Waals surface area contributed by atoms with Crippen LogP contribution >= 0.6 is 11.6 Å². The molecule has 2 N–H and O–H groups in total. The Bertz CT molecular complexity index is 617. The maximum Gasteiger partial charge on any atom is 0.192 e. The number of benzene rings is 1. The van der Waals surface area contributed by atoms with Gasteiger partial charge in [0.05, 0.1) is 18.5 Å². The summed E-state index contributed by atoms with van der Waals surface area (Å²) in [6.45, 7) is 12.3. The molecule has 0 aliphatic rings. The van der Waals surface area contributed by atoms with Gasteiger partial charge in [0, 0.05) is 11.1 Å². The van der Waals surface area contributed by atoms with Gasteiger partial charge in [0.15, 0.2) is 25.7 Å². The maximum absolute atomic E-state index is 14.7. The second-order valence-electron chi connectivity index (χ2n) is 7.65. The fraction of sp³-hybridized carbons (Fsp3) is 0.611. The zero-order valence-electron chi connectivity index (χ0n) is 15.9. The third-order valence-electron chi connectivity index (χ3n) is 4.64. The molecule has 0 fully saturated rings. The molecule has 0 radical (unpaired) electrons. The molecule has 0 saturated heterocycles. The predicted octanol–water partition coefficient (Wildman–Crippen LogP) is 4.67. The van der Waals surface area contributed by atoms with Crippen LogP contribution in [0.15, 0.2) is 12.1 Å². The molecule has 25 heavy (non-hydrogen) atoms. The van der Waals surface area contributed by atoms with Crippen LogP contribution in [0.3, 0.4) is 0 Å². The smallest absolute Gasteiger partial charge is 0.192 e. The monoisotopic (exact) mass is 389 g/mol. The Morgan fingerprint density at radius 3 is 2.44 bits per heavy atom. The fourth-order valence-electron chi connectivity index (χ4n) is 1.95. The van der Waals surface area contributed by atoms with Gasteiger partial charge in [-0.1, -0.05) is 20.8 Å². The van der Waals surface area contributed by atoms with E-state index in [9.17, 15) is 9.18 Å². The van der Waals surface area contributed by atoms with E-state index in [1.165, 1.54) is 19.1 Å². The van der Waals surface area contributed by atoms with Crippen LogP contribution in [-0.4, -0.2) is 33.2 Å². The minimum absolute atomic E-state index is 0.00822. The molecule has 1 aromatic rings. The molecule has 1 atom stereocenters. The average Bonchev–Trinajstić information content (AvgIpc) is 2.50. The van der Waals surface area contributed by atoms with Crippen molar-refractivity contribution in [3.63, 3.8) is 0 Å². The van der Waals surface area contributed by atoms with E-state index in [4.69, 9.17) is 26.5 Å². The van der Waals surface area contributed by atoms with Crippen molar-refractivity contribution in [2.75, 3.05) is 19.1 Å². The van der Waals surface area contributed by atoms with E-state index < -0.39 is 20.2 Å². The number of nitrogens with two attached hydrogens (primary N) is 1. The van der Waals surface area contributed by atoms with Gasteiger partial charge >= 0.3 is 0 Å². The summed E-state index contributed by atoms with van der Waals surface area (Å²) >= 11 is 5.60. The number of hydrogen-bond donors (Lipinski definition) is 1. The highest BCUT2D eigenvalue weighted by Gasteiger charge is 2.37. The number of Topliss-reactive ketones (excluding diaryl/α,β-unsaturated/α-hetero) is 1. The van der Waals surface area contributed by atoms with Crippen LogP contribution in [0.25, 0.3) is 0 Å². The molecular weight excluding hydrogens is 361 g/mol. The first kappa shape index (κ1) is 22.1. The summed E-state index contributed by atoms with van der Waals surface area (Å²) < 4.78 is 26.1. The van der Waals surface area contributed by atoms with Crippen molar-refractivity contribution in [3.05, 3.63) is 29.1 Å². The molecule has 142 valence electrons. The quantitative estimate of drug-likeness (QED) is 0.398. The highest BCUT2D eigenvalue weighted by atomic mass is 35.5. The zero-order valence-corrected chi connectivity index (χ0v) is 17.7. The Morgan fingerprint density at radius 2 is 1.96 bits per heavy atom. The van der Waals surface area contributed by atoms with Crippen LogP contribution in [0, 0.1) is 5.82 Å². The Hall–Kier alpha value is -0.953. The number of alkyl halides is 1. The van der Waals surface area contributed by atoms with Crippen molar-refractivity contribution in [2.45, 2.75) is 51.9 Å². The summed E-state index contributed by atoms with van der Waals surface area (Å²) in [5.74, 6) is -0.540. The molecule has 4 nitrogen and oxygen atoms in total. The topological polar surface area (TPSA) is 61.5 Å². The van der Waals surface area contributed by atoms with E-state index in [1.807, 2.05) is 0 Å². The molecule has 1 rings (SSSR count). The minimum Gasteiger partial charge on any atom is -0.489 e. The second kappa shape index (κ2) is 8.62. The lowest BCUT2D eigenvalue weighted by Crippen LogP contribution is -2.42. The lowest BCUT2D eigenvalue weighted by atomic mass is 10.0. The van der Waals surface area contributed by atoms with Crippen LogP contribution in [-0.2, 0) is 4.43 Å². The van der Waals surface area contributed by atoms with Crippen molar-refractivity contribution >= 4 is 25.7 Å². The van der Waals surface area contributed by atoms with E-state index >= 15 is 0 Å². The van der Waals surface area contributed by atoms with Crippen molar-refractivity contribution in [3.8, 4) is 5.75 Å². The summed E-state index contributed by atoms with van der Waals surface area (Å²) in [6.07, 6.45) is 0. The first-order valence-corrected chi connectivity index (χ1v) is 11.8. The molecule has 0 bridgehead atoms. The summed E-state index contributed by atoms with van der Waals surface area (Å²) in [7, 11) is -2.01. The van der Waals surface area contributed by atoms with Crippen molar-refractivity contribution in [1.29, 1.82) is 0 Å². The van der Waals surface area contributed by atoms with Crippen LogP contribution in [0.1, 0.15) is 49.7 Å². The standard InChI is InChI=1S/C18H29ClFNO3Si/c1-12(22)13-9-14(17(20)16(10-13)23-8-7-19)15(21)11-24-25(5,6)18(2,3)4/h9-10,15H,7-8,11,21H2,1-6H3. The Balaban J connectivity index is 3.09. The number of carbonyl (C=O) groups excluding carboxylic acids is 1. The molecule has 0 aliphatic carbocycles. The fourth-order valence-corrected chi connectivity index (χ4v) is 3.06. The SMILES string of the molecule is CC(=O)c1cc(OCCCl)c(F)c(C(N)CO[Si](C)(C)C(C)(C)C)c1. The Labute approximate surface area is 156 Å². The number of halogens is 2. The number of carbonyl (C=O) groups is 1. The summed E-state index contributed by atoms with van der Waals surface area (Å²) in [5.41, 5.74) is 6.75. The molecule has 1 aromatic carbocycles. The Kier molecular flexibility index (Phi) is 7.62. The number of ether oxygens (including phenoxy) is 1. The van der Waals surface area contributed by atoms with Gasteiger partial charge in [-0.15, -0.1) is 11.6 Å². The van der Waals surface area contributed by atoms with Gasteiger partial charge in [0.1, 0.15) is 6.61 Å². The van der Waals surface area contributed by atoms with Crippen LogP contribution in [0.4, 0.5) is 4.39 Å². The van der Waals surface area contributed by atoms with E-state index in [0.717, 1.165) is 0 Å². The lowest BCUT2D eigenvalue weighted by molar-refractivity contribution is 0.101. The van der Waals surface area contributed by atoms with Crippen LogP contribution in [0.5, 0.6) is 5.75 Å². The van der Waals surface area contributed by atoms with E-state index in [2.05, 4.69) is 33.9 Å². The predicted molar refractivity (Wildman–Crippen MR) is 103 cm³/mol. The van der Waals surface area contributed by atoms with Gasteiger partial charge in [-0.2, -0.15) is 0 Å². The van der Waals surface area contributed by atoms with Gasteiger partial charge < -0.3 is 14.9 Å². The number of rotatable bonds is 8. The average molecular weight is 390 g/mol. The van der Waals surface area contributed by atoms with Gasteiger partial charge in [0.25, 0.3) is 0 Å². The van der Waals surface area contributed by atoms with Crippen molar-refractivity contribution in [1.82, 2.24) is 0 Å². The van der Waals surface area contributed by atoms with E-state index in [-0.39, 0.29) is 41.2 Å². The minimum atomic E-state index is -2.01. The summed E-state index contributed by atoms with van der Waals surface area (Å²) in [6, 6.07) is 2.17. The molecular formula is C18H29ClFNO3Si. The summed E-state index contributed by atoms with van der Waals surface area (Å²) in [5, 5.41) is 0.0289. The number of ketones is 1. The van der Waals surface area contributed by atoms with Crippen molar-refractivity contribution in [2.24, 2.45) is 5.73 Å². The summed E-state index contributed by atoms with van der Waals surface area (Å²) in [4.78, 5) is 11.7. The third kappa shape index (κ3) is 5.77. The van der Waals surface area contributed by atoms with Crippen molar-refractivity contribution < 1.29 is 18.3 Å². The molecule has 0 aliphatic heterocycles. The Morgan fingerprint density at radius 1 is 1.36 bits per heavy atom. The van der Waals surface area contributed by atoms with E-state index in [0.29, 0.717) is 5.56 Å². The van der Waals surface area contributed by atoms with Gasteiger partial charge in [0.2, 0.25) is 0 Å². The van der Waals surface area contributed by atoms with Gasteiger partial charge in [-0.05, 0) is 37.2 Å². The zero-order chi connectivity index (χ0) is 19.4. The normalized spacial score (nSPS) is 13.6.